The van der Waals surface area contributed by atoms with Crippen molar-refractivity contribution in [1.29, 1.82) is 0 Å². The molecular weight excluding hydrogens is 333 g/mol. The van der Waals surface area contributed by atoms with E-state index in [-0.39, 0.29) is 0 Å². The van der Waals surface area contributed by atoms with Crippen molar-refractivity contribution in [1.82, 2.24) is 4.98 Å². The van der Waals surface area contributed by atoms with Crippen molar-refractivity contribution in [2.45, 2.75) is 12.3 Å². The van der Waals surface area contributed by atoms with Crippen molar-refractivity contribution in [3.05, 3.63) is 63.9 Å². The van der Waals surface area contributed by atoms with Gasteiger partial charge in [0.05, 0.1) is 5.02 Å². The molecule has 0 saturated carbocycles. The highest BCUT2D eigenvalue weighted by atomic mass is 79.9. The highest BCUT2D eigenvalue weighted by Crippen LogP contribution is 2.27. The number of halogens is 3. The number of hydrogen-bond donors (Lipinski definition) is 0. The average molecular weight is 345 g/mol. The molecule has 1 aromatic heterocycles. The molecule has 0 aliphatic heterocycles. The summed E-state index contributed by atoms with van der Waals surface area (Å²) in [7, 11) is 0. The molecule has 1 nitrogen and oxygen atoms in total. The highest BCUT2D eigenvalue weighted by Gasteiger charge is 2.13. The predicted octanol–water partition coefficient (Wildman–Crippen LogP) is 5.11. The van der Waals surface area contributed by atoms with Crippen LogP contribution < -0.4 is 0 Å². The van der Waals surface area contributed by atoms with E-state index >= 15 is 0 Å². The Morgan fingerprint density at radius 3 is 2.72 bits per heavy atom. The van der Waals surface area contributed by atoms with Crippen molar-refractivity contribution in [2.24, 2.45) is 0 Å². The van der Waals surface area contributed by atoms with Crippen LogP contribution in [-0.2, 0) is 6.42 Å². The molecule has 0 fully saturated rings. The predicted molar refractivity (Wildman–Crippen MR) is 80.9 cm³/mol. The minimum absolute atomic E-state index is 0.351. The van der Waals surface area contributed by atoms with Crippen LogP contribution in [0.4, 0.5) is 0 Å². The van der Waals surface area contributed by atoms with E-state index in [1.165, 1.54) is 5.56 Å². The zero-order valence-corrected chi connectivity index (χ0v) is 12.7. The summed E-state index contributed by atoms with van der Waals surface area (Å²) < 4.78 is 0. The van der Waals surface area contributed by atoms with E-state index in [9.17, 15) is 0 Å². The number of hydrogen-bond acceptors (Lipinski definition) is 1. The van der Waals surface area contributed by atoms with Crippen molar-refractivity contribution >= 4 is 39.1 Å². The van der Waals surface area contributed by atoms with E-state index in [1.54, 1.807) is 12.4 Å². The molecule has 94 valence electrons. The van der Waals surface area contributed by atoms with Gasteiger partial charge >= 0.3 is 0 Å². The van der Waals surface area contributed by atoms with Crippen molar-refractivity contribution < 1.29 is 0 Å². The summed E-state index contributed by atoms with van der Waals surface area (Å²) in [6.07, 6.45) is 4.32. The van der Waals surface area contributed by atoms with E-state index in [4.69, 9.17) is 23.2 Å². The van der Waals surface area contributed by atoms with Gasteiger partial charge in [-0.15, -0.1) is 0 Å². The van der Waals surface area contributed by atoms with Crippen molar-refractivity contribution in [2.75, 3.05) is 5.33 Å². The SMILES string of the molecule is Clc1cccc(C(CBr)Cc2ccncc2Cl)c1. The second-order valence-electron chi connectivity index (χ2n) is 4.08. The van der Waals surface area contributed by atoms with E-state index in [1.807, 2.05) is 24.3 Å². The lowest BCUT2D eigenvalue weighted by Crippen LogP contribution is -2.05. The molecule has 1 atom stereocenters. The third kappa shape index (κ3) is 3.47. The van der Waals surface area contributed by atoms with Crippen molar-refractivity contribution in [3.8, 4) is 0 Å². The fourth-order valence-corrected chi connectivity index (χ4v) is 2.85. The highest BCUT2D eigenvalue weighted by molar-refractivity contribution is 9.09. The van der Waals surface area contributed by atoms with E-state index in [2.05, 4.69) is 27.0 Å². The lowest BCUT2D eigenvalue weighted by molar-refractivity contribution is 0.774. The summed E-state index contributed by atoms with van der Waals surface area (Å²) in [5.41, 5.74) is 2.32. The van der Waals surface area contributed by atoms with Crippen LogP contribution >= 0.6 is 39.1 Å². The van der Waals surface area contributed by atoms with Crippen LogP contribution in [0.3, 0.4) is 0 Å². The van der Waals surface area contributed by atoms with Gasteiger partial charge < -0.3 is 0 Å². The monoisotopic (exact) mass is 343 g/mol. The Labute approximate surface area is 125 Å². The van der Waals surface area contributed by atoms with Gasteiger partial charge in [0.2, 0.25) is 0 Å². The van der Waals surface area contributed by atoms with Crippen LogP contribution in [0.25, 0.3) is 0 Å². The second-order valence-corrected chi connectivity index (χ2v) is 5.57. The van der Waals surface area contributed by atoms with E-state index < -0.39 is 0 Å². The van der Waals surface area contributed by atoms with Gasteiger partial charge in [-0.3, -0.25) is 4.98 Å². The van der Waals surface area contributed by atoms with Gasteiger partial charge in [-0.1, -0.05) is 51.3 Å². The zero-order chi connectivity index (χ0) is 13.0. The number of alkyl halides is 1. The molecule has 2 rings (SSSR count). The van der Waals surface area contributed by atoms with Crippen LogP contribution in [0.15, 0.2) is 42.7 Å². The minimum Gasteiger partial charge on any atom is -0.263 e. The number of pyridine rings is 1. The molecule has 0 aliphatic carbocycles. The number of aromatic nitrogens is 1. The Kier molecular flexibility index (Phi) is 5.04. The molecule has 1 aromatic carbocycles. The Morgan fingerprint density at radius 2 is 2.06 bits per heavy atom. The van der Waals surface area contributed by atoms with Gasteiger partial charge in [0.1, 0.15) is 0 Å². The molecule has 4 heteroatoms. The molecular formula is C14H12BrCl2N. The van der Waals surface area contributed by atoms with Crippen LogP contribution in [0.5, 0.6) is 0 Å². The van der Waals surface area contributed by atoms with E-state index in [0.29, 0.717) is 10.9 Å². The third-order valence-electron chi connectivity index (χ3n) is 2.83. The second kappa shape index (κ2) is 6.55. The van der Waals surface area contributed by atoms with Crippen LogP contribution in [0.2, 0.25) is 10.0 Å². The molecule has 0 N–H and O–H groups in total. The smallest absolute Gasteiger partial charge is 0.0621 e. The first-order valence-corrected chi connectivity index (χ1v) is 7.48. The summed E-state index contributed by atoms with van der Waals surface area (Å²) in [6.45, 7) is 0. The van der Waals surface area contributed by atoms with Gasteiger partial charge in [-0.25, -0.2) is 0 Å². The normalized spacial score (nSPS) is 12.4. The lowest BCUT2D eigenvalue weighted by atomic mass is 9.94. The van der Waals surface area contributed by atoms with Gasteiger partial charge in [0.25, 0.3) is 0 Å². The standard InChI is InChI=1S/C14H12BrCl2N/c15-8-12(10-2-1-3-13(16)7-10)6-11-4-5-18-9-14(11)17/h1-5,7,9,12H,6,8H2. The number of benzene rings is 1. The molecule has 2 aromatic rings. The summed E-state index contributed by atoms with van der Waals surface area (Å²) >= 11 is 15.7. The number of nitrogens with zero attached hydrogens (tertiary/aromatic N) is 1. The van der Waals surface area contributed by atoms with Gasteiger partial charge in [-0.05, 0) is 41.7 Å². The molecule has 0 radical (unpaired) electrons. The zero-order valence-electron chi connectivity index (χ0n) is 9.61. The quantitative estimate of drug-likeness (QED) is 0.702. The molecule has 18 heavy (non-hydrogen) atoms. The number of rotatable bonds is 4. The van der Waals surface area contributed by atoms with Crippen molar-refractivity contribution in [3.63, 3.8) is 0 Å². The van der Waals surface area contributed by atoms with E-state index in [0.717, 1.165) is 22.3 Å². The molecule has 0 saturated heterocycles. The summed E-state index contributed by atoms with van der Waals surface area (Å²) in [5, 5.41) is 2.34. The Hall–Kier alpha value is -0.570. The van der Waals surface area contributed by atoms with Crippen LogP contribution in [0.1, 0.15) is 17.0 Å². The molecule has 1 heterocycles. The molecule has 0 amide bonds. The van der Waals surface area contributed by atoms with Crippen LogP contribution in [0, 0.1) is 0 Å². The topological polar surface area (TPSA) is 12.9 Å². The fourth-order valence-electron chi connectivity index (χ4n) is 1.86. The Balaban J connectivity index is 2.23. The Morgan fingerprint density at radius 1 is 1.22 bits per heavy atom. The van der Waals surface area contributed by atoms with Crippen LogP contribution in [-0.4, -0.2) is 10.3 Å². The summed E-state index contributed by atoms with van der Waals surface area (Å²) in [4.78, 5) is 4.00. The third-order valence-corrected chi connectivity index (χ3v) is 4.19. The van der Waals surface area contributed by atoms with Gasteiger partial charge in [0.15, 0.2) is 0 Å². The summed E-state index contributed by atoms with van der Waals surface area (Å²) in [6, 6.07) is 9.91. The maximum absolute atomic E-state index is 6.14. The maximum atomic E-state index is 6.14. The minimum atomic E-state index is 0.351. The molecule has 0 bridgehead atoms. The lowest BCUT2D eigenvalue weighted by Gasteiger charge is -2.15. The fraction of sp³-hybridized carbons (Fsp3) is 0.214. The molecule has 1 unspecified atom stereocenters. The largest absolute Gasteiger partial charge is 0.263 e. The first-order valence-electron chi connectivity index (χ1n) is 5.60. The first-order chi connectivity index (χ1) is 8.70. The maximum Gasteiger partial charge on any atom is 0.0621 e. The molecule has 0 spiro atoms. The van der Waals surface area contributed by atoms with Gasteiger partial charge in [-0.2, -0.15) is 0 Å². The average Bonchev–Trinajstić information content (AvgIpc) is 2.38. The first kappa shape index (κ1) is 13.9. The Bertz CT molecular complexity index is 531. The molecule has 0 aliphatic rings. The van der Waals surface area contributed by atoms with Gasteiger partial charge in [0, 0.05) is 22.7 Å². The summed E-state index contributed by atoms with van der Waals surface area (Å²) in [5.74, 6) is 0.351.